The molecule has 1 N–H and O–H groups in total. The molecule has 5 rings (SSSR count). The summed E-state index contributed by atoms with van der Waals surface area (Å²) in [6, 6.07) is 22.5. The van der Waals surface area contributed by atoms with Gasteiger partial charge in [0.2, 0.25) is 0 Å². The van der Waals surface area contributed by atoms with Crippen molar-refractivity contribution in [1.82, 2.24) is 14.8 Å². The Kier molecular flexibility index (Phi) is 6.45. The highest BCUT2D eigenvalue weighted by Gasteiger charge is 2.27. The van der Waals surface area contributed by atoms with E-state index < -0.39 is 0 Å². The van der Waals surface area contributed by atoms with Gasteiger partial charge in [-0.05, 0) is 59.5 Å². The zero-order valence-corrected chi connectivity index (χ0v) is 19.8. The highest BCUT2D eigenvalue weighted by atomic mass is 35.5. The van der Waals surface area contributed by atoms with E-state index in [0.717, 1.165) is 58.7 Å². The van der Waals surface area contributed by atoms with Gasteiger partial charge in [-0.25, -0.2) is 0 Å². The van der Waals surface area contributed by atoms with E-state index in [9.17, 15) is 0 Å². The largest absolute Gasteiger partial charge is 0.361 e. The van der Waals surface area contributed by atoms with Crippen LogP contribution in [0.15, 0.2) is 72.9 Å². The number of aromatic nitrogens is 1. The fourth-order valence-electron chi connectivity index (χ4n) is 4.71. The molecule has 4 aromatic rings. The predicted octanol–water partition coefficient (Wildman–Crippen LogP) is 7.38. The molecule has 0 aliphatic carbocycles. The molecule has 1 saturated heterocycles. The van der Waals surface area contributed by atoms with Crippen molar-refractivity contribution in [3.8, 4) is 0 Å². The van der Waals surface area contributed by atoms with Gasteiger partial charge < -0.3 is 4.98 Å². The molecular weight excluding hydrogens is 461 g/mol. The minimum Gasteiger partial charge on any atom is -0.361 e. The molecule has 0 radical (unpaired) electrons. The van der Waals surface area contributed by atoms with Crippen LogP contribution in [0.1, 0.15) is 29.2 Å². The van der Waals surface area contributed by atoms with Crippen LogP contribution in [0.3, 0.4) is 0 Å². The standard InChI is InChI=1S/C26H24Cl3N3/c27-21-9-5-18(6-10-21)26(19-7-11-22(28)12-8-19)32-14-2-13-31(17-32)16-20-15-30-24-4-1-3-23(29)25(20)24/h1,3-12,15,26,30H,2,13-14,16-17H2. The fourth-order valence-corrected chi connectivity index (χ4v) is 5.26. The third-order valence-electron chi connectivity index (χ3n) is 6.17. The van der Waals surface area contributed by atoms with Gasteiger partial charge in [0.1, 0.15) is 0 Å². The Balaban J connectivity index is 1.43. The van der Waals surface area contributed by atoms with E-state index in [2.05, 4.69) is 51.3 Å². The molecule has 0 unspecified atom stereocenters. The van der Waals surface area contributed by atoms with Crippen LogP contribution in [0, 0.1) is 0 Å². The predicted molar refractivity (Wildman–Crippen MR) is 135 cm³/mol. The van der Waals surface area contributed by atoms with Crippen LogP contribution < -0.4 is 0 Å². The molecule has 1 aliphatic heterocycles. The Morgan fingerprint density at radius 1 is 0.812 bits per heavy atom. The number of hydrogen-bond donors (Lipinski definition) is 1. The third-order valence-corrected chi connectivity index (χ3v) is 6.99. The third kappa shape index (κ3) is 4.54. The molecule has 0 bridgehead atoms. The number of benzene rings is 3. The van der Waals surface area contributed by atoms with Crippen molar-refractivity contribution < 1.29 is 0 Å². The molecule has 32 heavy (non-hydrogen) atoms. The van der Waals surface area contributed by atoms with Crippen molar-refractivity contribution >= 4 is 45.7 Å². The molecule has 6 heteroatoms. The van der Waals surface area contributed by atoms with Crippen LogP contribution in [0.5, 0.6) is 0 Å². The van der Waals surface area contributed by atoms with Crippen molar-refractivity contribution in [3.05, 3.63) is 105 Å². The fraction of sp³-hybridized carbons (Fsp3) is 0.231. The van der Waals surface area contributed by atoms with E-state index in [1.54, 1.807) is 0 Å². The van der Waals surface area contributed by atoms with Gasteiger partial charge in [0.25, 0.3) is 0 Å². The lowest BCUT2D eigenvalue weighted by molar-refractivity contribution is 0.0585. The second-order valence-electron chi connectivity index (χ2n) is 8.34. The van der Waals surface area contributed by atoms with Crippen LogP contribution >= 0.6 is 34.8 Å². The number of nitrogens with one attached hydrogen (secondary N) is 1. The normalized spacial score (nSPS) is 15.6. The second kappa shape index (κ2) is 9.46. The highest BCUT2D eigenvalue weighted by Crippen LogP contribution is 2.33. The van der Waals surface area contributed by atoms with Gasteiger partial charge in [-0.2, -0.15) is 0 Å². The summed E-state index contributed by atoms with van der Waals surface area (Å²) in [6.45, 7) is 3.81. The van der Waals surface area contributed by atoms with E-state index in [1.807, 2.05) is 36.4 Å². The number of halogens is 3. The van der Waals surface area contributed by atoms with Crippen molar-refractivity contribution in [2.45, 2.75) is 19.0 Å². The average Bonchev–Trinajstić information content (AvgIpc) is 3.21. The molecule has 1 fully saturated rings. The number of H-pyrrole nitrogens is 1. The van der Waals surface area contributed by atoms with Gasteiger partial charge in [-0.3, -0.25) is 9.80 Å². The zero-order chi connectivity index (χ0) is 22.1. The number of aromatic amines is 1. The Bertz CT molecular complexity index is 1160. The maximum atomic E-state index is 6.52. The maximum absolute atomic E-state index is 6.52. The first kappa shape index (κ1) is 21.8. The van der Waals surface area contributed by atoms with Crippen molar-refractivity contribution in [2.75, 3.05) is 19.8 Å². The molecule has 3 aromatic carbocycles. The molecule has 1 aromatic heterocycles. The van der Waals surface area contributed by atoms with Gasteiger partial charge >= 0.3 is 0 Å². The summed E-state index contributed by atoms with van der Waals surface area (Å²) in [7, 11) is 0. The lowest BCUT2D eigenvalue weighted by atomic mass is 9.96. The smallest absolute Gasteiger partial charge is 0.0613 e. The van der Waals surface area contributed by atoms with Crippen LogP contribution in [0.25, 0.3) is 10.9 Å². The molecular formula is C26H24Cl3N3. The van der Waals surface area contributed by atoms with Crippen LogP contribution in [-0.2, 0) is 6.54 Å². The zero-order valence-electron chi connectivity index (χ0n) is 17.6. The lowest BCUT2D eigenvalue weighted by Crippen LogP contribution is -2.46. The van der Waals surface area contributed by atoms with E-state index in [4.69, 9.17) is 34.8 Å². The van der Waals surface area contributed by atoms with E-state index in [1.165, 1.54) is 16.7 Å². The minimum atomic E-state index is 0.138. The lowest BCUT2D eigenvalue weighted by Gasteiger charge is -2.40. The molecule has 0 amide bonds. The summed E-state index contributed by atoms with van der Waals surface area (Å²) in [5.74, 6) is 0. The summed E-state index contributed by atoms with van der Waals surface area (Å²) in [5.41, 5.74) is 4.78. The van der Waals surface area contributed by atoms with E-state index in [-0.39, 0.29) is 6.04 Å². The molecule has 164 valence electrons. The van der Waals surface area contributed by atoms with Crippen molar-refractivity contribution in [1.29, 1.82) is 0 Å². The van der Waals surface area contributed by atoms with Gasteiger partial charge in [0.15, 0.2) is 0 Å². The summed E-state index contributed by atoms with van der Waals surface area (Å²) in [5, 5.41) is 3.42. The topological polar surface area (TPSA) is 22.3 Å². The molecule has 0 saturated carbocycles. The quantitative estimate of drug-likeness (QED) is 0.319. The monoisotopic (exact) mass is 483 g/mol. The molecule has 3 nitrogen and oxygen atoms in total. The first-order valence-electron chi connectivity index (χ1n) is 10.8. The summed E-state index contributed by atoms with van der Waals surface area (Å²) in [4.78, 5) is 8.39. The van der Waals surface area contributed by atoms with Crippen molar-refractivity contribution in [3.63, 3.8) is 0 Å². The highest BCUT2D eigenvalue weighted by molar-refractivity contribution is 6.35. The number of nitrogens with zero attached hydrogens (tertiary/aromatic N) is 2. The van der Waals surface area contributed by atoms with Gasteiger partial charge in [0.05, 0.1) is 17.7 Å². The van der Waals surface area contributed by atoms with Gasteiger partial charge in [-0.15, -0.1) is 0 Å². The molecule has 0 spiro atoms. The van der Waals surface area contributed by atoms with Crippen molar-refractivity contribution in [2.24, 2.45) is 0 Å². The van der Waals surface area contributed by atoms with Gasteiger partial charge in [0, 0.05) is 46.8 Å². The SMILES string of the molecule is Clc1ccc(C(c2ccc(Cl)cc2)N2CCCN(Cc3c[nH]c4cccc(Cl)c34)C2)cc1. The summed E-state index contributed by atoms with van der Waals surface area (Å²) in [6.07, 6.45) is 3.19. The Labute approximate surface area is 203 Å². The van der Waals surface area contributed by atoms with Crippen LogP contribution in [-0.4, -0.2) is 34.5 Å². The number of fused-ring (bicyclic) bond motifs is 1. The van der Waals surface area contributed by atoms with Gasteiger partial charge in [-0.1, -0.05) is 65.1 Å². The molecule has 2 heterocycles. The first-order chi connectivity index (χ1) is 15.6. The maximum Gasteiger partial charge on any atom is 0.0613 e. The number of hydrogen-bond acceptors (Lipinski definition) is 2. The summed E-state index contributed by atoms with van der Waals surface area (Å²) < 4.78 is 0. The first-order valence-corrected chi connectivity index (χ1v) is 11.9. The molecule has 0 atom stereocenters. The average molecular weight is 485 g/mol. The second-order valence-corrected chi connectivity index (χ2v) is 9.62. The Hall–Kier alpha value is -2.01. The minimum absolute atomic E-state index is 0.138. The van der Waals surface area contributed by atoms with E-state index in [0.29, 0.717) is 0 Å². The Morgan fingerprint density at radius 2 is 1.47 bits per heavy atom. The number of rotatable bonds is 5. The van der Waals surface area contributed by atoms with Crippen LogP contribution in [0.4, 0.5) is 0 Å². The summed E-state index contributed by atoms with van der Waals surface area (Å²) >= 11 is 18.9. The Morgan fingerprint density at radius 3 is 2.12 bits per heavy atom. The molecule has 1 aliphatic rings. The van der Waals surface area contributed by atoms with Crippen LogP contribution in [0.2, 0.25) is 15.1 Å². The van der Waals surface area contributed by atoms with E-state index >= 15 is 0 Å².